The van der Waals surface area contributed by atoms with Gasteiger partial charge in [-0.2, -0.15) is 0 Å². The highest BCUT2D eigenvalue weighted by atomic mass is 35.5. The summed E-state index contributed by atoms with van der Waals surface area (Å²) in [6.45, 7) is 3.94. The quantitative estimate of drug-likeness (QED) is 0.134. The molecule has 0 aliphatic carbocycles. The Labute approximate surface area is 217 Å². The third kappa shape index (κ3) is 6.33. The Morgan fingerprint density at radius 3 is 2.37 bits per heavy atom. The summed E-state index contributed by atoms with van der Waals surface area (Å²) in [7, 11) is 0. The normalized spacial score (nSPS) is 11.9. The molecule has 0 N–H and O–H groups in total. The van der Waals surface area contributed by atoms with Gasteiger partial charge < -0.3 is 4.74 Å². The molecule has 3 aromatic carbocycles. The molecule has 10 heteroatoms. The van der Waals surface area contributed by atoms with E-state index in [1.807, 2.05) is 60.9 Å². The number of hydrogen-bond acceptors (Lipinski definition) is 6. The first-order valence-electron chi connectivity index (χ1n) is 10.7. The number of hydrogen-bond donors (Lipinski definition) is 0. The van der Waals surface area contributed by atoms with E-state index in [1.165, 1.54) is 11.8 Å². The molecule has 0 aliphatic heterocycles. The van der Waals surface area contributed by atoms with E-state index in [4.69, 9.17) is 27.9 Å². The van der Waals surface area contributed by atoms with E-state index in [1.54, 1.807) is 24.3 Å². The van der Waals surface area contributed by atoms with Gasteiger partial charge in [-0.1, -0.05) is 70.9 Å². The van der Waals surface area contributed by atoms with Crippen molar-refractivity contribution in [2.24, 2.45) is 0 Å². The van der Waals surface area contributed by atoms with E-state index in [2.05, 4.69) is 10.2 Å². The predicted octanol–water partition coefficient (Wildman–Crippen LogP) is 6.88. The van der Waals surface area contributed by atoms with Gasteiger partial charge in [-0.15, -0.1) is 10.2 Å². The largest absolute Gasteiger partial charge is 0.489 e. The van der Waals surface area contributed by atoms with Crippen molar-refractivity contribution in [1.82, 2.24) is 14.8 Å². The zero-order chi connectivity index (χ0) is 24.9. The number of ether oxygens (including phenoxy) is 1. The van der Waals surface area contributed by atoms with Crippen LogP contribution in [0.5, 0.6) is 5.75 Å². The number of aryl methyl sites for hydroxylation is 2. The Kier molecular flexibility index (Phi) is 7.95. The van der Waals surface area contributed by atoms with Gasteiger partial charge in [0.15, 0.2) is 5.16 Å². The molecule has 0 amide bonds. The molecule has 0 saturated carbocycles. The van der Waals surface area contributed by atoms with Crippen molar-refractivity contribution < 1.29 is 9.66 Å². The first-order valence-corrected chi connectivity index (χ1v) is 12.4. The highest BCUT2D eigenvalue weighted by molar-refractivity contribution is 7.99. The zero-order valence-electron chi connectivity index (χ0n) is 19.0. The van der Waals surface area contributed by atoms with Crippen molar-refractivity contribution in [3.63, 3.8) is 0 Å². The maximum absolute atomic E-state index is 11.5. The van der Waals surface area contributed by atoms with Crippen LogP contribution in [0.2, 0.25) is 10.0 Å². The molecule has 7 nitrogen and oxygen atoms in total. The Hall–Kier alpha value is -3.07. The minimum absolute atomic E-state index is 0.256. The van der Waals surface area contributed by atoms with Crippen LogP contribution >= 0.6 is 35.0 Å². The summed E-state index contributed by atoms with van der Waals surface area (Å²) in [5.41, 5.74) is 3.73. The predicted molar refractivity (Wildman–Crippen MR) is 139 cm³/mol. The minimum atomic E-state index is -0.457. The van der Waals surface area contributed by atoms with Gasteiger partial charge in [0.2, 0.25) is 6.54 Å². The lowest BCUT2D eigenvalue weighted by Crippen LogP contribution is -2.11. The standard InChI is InChI=1S/C25H22Cl2N4O3S/c1-16-3-8-20(9-4-16)31-17(2)28-29-25(31)35-24(14-30(32)33)19-6-10-21(11-7-19)34-15-18-5-12-22(26)23(27)13-18/h3-13,24H,14-15H2,1-2H3/t24-/m1/s1. The Bertz CT molecular complexity index is 1330. The van der Waals surface area contributed by atoms with Gasteiger partial charge in [0.25, 0.3) is 0 Å². The number of nitrogens with zero attached hydrogens (tertiary/aromatic N) is 4. The van der Waals surface area contributed by atoms with Crippen LogP contribution in [0.15, 0.2) is 71.9 Å². The first-order chi connectivity index (χ1) is 16.8. The summed E-state index contributed by atoms with van der Waals surface area (Å²) in [6, 6.07) is 20.6. The number of aromatic nitrogens is 3. The second kappa shape index (κ2) is 11.1. The van der Waals surface area contributed by atoms with Gasteiger partial charge in [0.05, 0.1) is 10.0 Å². The van der Waals surface area contributed by atoms with Crippen LogP contribution in [0.3, 0.4) is 0 Å². The van der Waals surface area contributed by atoms with E-state index in [9.17, 15) is 10.1 Å². The molecular weight excluding hydrogens is 507 g/mol. The van der Waals surface area contributed by atoms with Gasteiger partial charge in [0.1, 0.15) is 23.4 Å². The molecule has 35 heavy (non-hydrogen) atoms. The van der Waals surface area contributed by atoms with Crippen LogP contribution in [0, 0.1) is 24.0 Å². The average molecular weight is 529 g/mol. The molecule has 0 bridgehead atoms. The maximum atomic E-state index is 11.5. The SMILES string of the molecule is Cc1ccc(-n2c(C)nnc2S[C@H](C[N+](=O)[O-])c2ccc(OCc3ccc(Cl)c(Cl)c3)cc2)cc1. The van der Waals surface area contributed by atoms with Gasteiger partial charge in [-0.25, -0.2) is 0 Å². The molecule has 0 spiro atoms. The fraction of sp³-hybridized carbons (Fsp3) is 0.200. The molecule has 0 fully saturated rings. The molecule has 0 aliphatic rings. The average Bonchev–Trinajstić information content (AvgIpc) is 3.20. The summed E-state index contributed by atoms with van der Waals surface area (Å²) in [6.07, 6.45) is 0. The van der Waals surface area contributed by atoms with Crippen molar-refractivity contribution in [3.8, 4) is 11.4 Å². The summed E-state index contributed by atoms with van der Waals surface area (Å²) in [5, 5.41) is 21.0. The Morgan fingerprint density at radius 2 is 1.71 bits per heavy atom. The van der Waals surface area contributed by atoms with Crippen LogP contribution in [-0.4, -0.2) is 26.2 Å². The highest BCUT2D eigenvalue weighted by Crippen LogP contribution is 2.36. The molecule has 0 unspecified atom stereocenters. The lowest BCUT2D eigenvalue weighted by molar-refractivity contribution is -0.479. The van der Waals surface area contributed by atoms with E-state index in [0.29, 0.717) is 33.4 Å². The third-order valence-electron chi connectivity index (χ3n) is 5.29. The van der Waals surface area contributed by atoms with E-state index >= 15 is 0 Å². The number of nitro groups is 1. The third-order valence-corrected chi connectivity index (χ3v) is 7.21. The lowest BCUT2D eigenvalue weighted by atomic mass is 10.1. The molecule has 0 radical (unpaired) electrons. The van der Waals surface area contributed by atoms with E-state index < -0.39 is 5.25 Å². The molecule has 180 valence electrons. The summed E-state index contributed by atoms with van der Waals surface area (Å²) in [5.74, 6) is 1.35. The highest BCUT2D eigenvalue weighted by Gasteiger charge is 2.24. The van der Waals surface area contributed by atoms with Gasteiger partial charge in [0, 0.05) is 10.6 Å². The molecular formula is C25H22Cl2N4O3S. The monoisotopic (exact) mass is 528 g/mol. The molecule has 4 rings (SSSR count). The summed E-state index contributed by atoms with van der Waals surface area (Å²) in [4.78, 5) is 11.1. The molecule has 1 atom stereocenters. The molecule has 1 aromatic heterocycles. The maximum Gasteiger partial charge on any atom is 0.220 e. The lowest BCUT2D eigenvalue weighted by Gasteiger charge is -2.15. The fourth-order valence-corrected chi connectivity index (χ4v) is 4.95. The number of halogens is 2. The fourth-order valence-electron chi connectivity index (χ4n) is 3.46. The molecule has 0 saturated heterocycles. The number of thioether (sulfide) groups is 1. The van der Waals surface area contributed by atoms with Gasteiger partial charge >= 0.3 is 0 Å². The summed E-state index contributed by atoms with van der Waals surface area (Å²) < 4.78 is 7.75. The van der Waals surface area contributed by atoms with E-state index in [-0.39, 0.29) is 11.5 Å². The second-order valence-electron chi connectivity index (χ2n) is 7.93. The molecule has 4 aromatic rings. The number of rotatable bonds is 9. The van der Waals surface area contributed by atoms with Crippen LogP contribution in [0.25, 0.3) is 5.69 Å². The molecule has 1 heterocycles. The number of benzene rings is 3. The minimum Gasteiger partial charge on any atom is -0.489 e. The second-order valence-corrected chi connectivity index (χ2v) is 9.91. The van der Waals surface area contributed by atoms with Crippen molar-refractivity contribution in [2.75, 3.05) is 6.54 Å². The Morgan fingerprint density at radius 1 is 1.00 bits per heavy atom. The van der Waals surface area contributed by atoms with Gasteiger partial charge in [-0.3, -0.25) is 14.7 Å². The van der Waals surface area contributed by atoms with Crippen LogP contribution in [0.1, 0.15) is 27.8 Å². The zero-order valence-corrected chi connectivity index (χ0v) is 21.3. The van der Waals surface area contributed by atoms with Crippen molar-refractivity contribution >= 4 is 35.0 Å². The summed E-state index contributed by atoms with van der Waals surface area (Å²) >= 11 is 13.3. The van der Waals surface area contributed by atoms with Crippen molar-refractivity contribution in [3.05, 3.63) is 109 Å². The Balaban J connectivity index is 1.52. The van der Waals surface area contributed by atoms with Crippen LogP contribution in [-0.2, 0) is 6.61 Å². The van der Waals surface area contributed by atoms with Crippen molar-refractivity contribution in [2.45, 2.75) is 30.9 Å². The smallest absolute Gasteiger partial charge is 0.220 e. The van der Waals surface area contributed by atoms with Crippen LogP contribution in [0.4, 0.5) is 0 Å². The topological polar surface area (TPSA) is 83.1 Å². The van der Waals surface area contributed by atoms with Gasteiger partial charge in [-0.05, 0) is 61.4 Å². The first kappa shape index (κ1) is 25.0. The van der Waals surface area contributed by atoms with E-state index in [0.717, 1.165) is 22.4 Å². The van der Waals surface area contributed by atoms with Crippen molar-refractivity contribution in [1.29, 1.82) is 0 Å². The van der Waals surface area contributed by atoms with Crippen LogP contribution < -0.4 is 4.74 Å².